The number of carbonyl (C=O) groups is 1. The highest BCUT2D eigenvalue weighted by Gasteiger charge is 2.10. The topological polar surface area (TPSA) is 67.3 Å². The van der Waals surface area contributed by atoms with Gasteiger partial charge in [-0.2, -0.15) is 0 Å². The molecule has 3 aromatic rings. The average molecular weight is 443 g/mol. The Balaban J connectivity index is 1.62. The Labute approximate surface area is 185 Å². The van der Waals surface area contributed by atoms with Gasteiger partial charge in [-0.15, -0.1) is 0 Å². The summed E-state index contributed by atoms with van der Waals surface area (Å²) in [6.45, 7) is 2.95. The third kappa shape index (κ3) is 6.45. The van der Waals surface area contributed by atoms with Crippen molar-refractivity contribution in [3.8, 4) is 0 Å². The first kappa shape index (κ1) is 22.1. The van der Waals surface area contributed by atoms with Gasteiger partial charge in [-0.05, 0) is 30.2 Å². The van der Waals surface area contributed by atoms with Gasteiger partial charge in [0.25, 0.3) is 5.91 Å². The van der Waals surface area contributed by atoms with E-state index in [4.69, 9.17) is 16.4 Å². The number of hydrogen-bond acceptors (Lipinski definition) is 6. The number of carbonyl (C=O) groups excluding carboxylic acids is 1. The number of hydrogen-bond donors (Lipinski definition) is 1. The van der Waals surface area contributed by atoms with Crippen molar-refractivity contribution in [1.82, 2.24) is 15.4 Å². The molecule has 0 aliphatic carbocycles. The Morgan fingerprint density at radius 2 is 1.83 bits per heavy atom. The van der Waals surface area contributed by atoms with Crippen molar-refractivity contribution in [3.05, 3.63) is 82.5 Å². The zero-order chi connectivity index (χ0) is 21.3. The van der Waals surface area contributed by atoms with Gasteiger partial charge in [0.1, 0.15) is 11.0 Å². The summed E-state index contributed by atoms with van der Waals surface area (Å²) in [6, 6.07) is 19.3. The third-order valence-corrected chi connectivity index (χ3v) is 5.32. The molecule has 0 atom stereocenters. The smallest absolute Gasteiger partial charge is 0.274 e. The first-order valence-electron chi connectivity index (χ1n) is 9.48. The molecule has 6 nitrogen and oxygen atoms in total. The van der Waals surface area contributed by atoms with E-state index in [2.05, 4.69) is 27.6 Å². The monoisotopic (exact) mass is 442 g/mol. The van der Waals surface area contributed by atoms with Crippen LogP contribution in [0.25, 0.3) is 0 Å². The summed E-state index contributed by atoms with van der Waals surface area (Å²) in [4.78, 5) is 27.8. The third-order valence-electron chi connectivity index (χ3n) is 4.21. The first-order valence-corrected chi connectivity index (χ1v) is 10.8. The van der Waals surface area contributed by atoms with Crippen LogP contribution in [0.2, 0.25) is 5.15 Å². The van der Waals surface area contributed by atoms with E-state index in [9.17, 15) is 4.79 Å². The minimum Gasteiger partial charge on any atom is -0.355 e. The van der Waals surface area contributed by atoms with Crippen molar-refractivity contribution in [2.45, 2.75) is 24.4 Å². The van der Waals surface area contributed by atoms with Crippen molar-refractivity contribution in [2.75, 3.05) is 18.6 Å². The van der Waals surface area contributed by atoms with Gasteiger partial charge in [-0.1, -0.05) is 65.8 Å². The zero-order valence-electron chi connectivity index (χ0n) is 16.8. The van der Waals surface area contributed by atoms with E-state index in [-0.39, 0.29) is 5.91 Å². The van der Waals surface area contributed by atoms with E-state index in [1.165, 1.54) is 17.3 Å². The van der Waals surface area contributed by atoms with Crippen molar-refractivity contribution in [2.24, 2.45) is 0 Å². The van der Waals surface area contributed by atoms with E-state index in [0.29, 0.717) is 28.2 Å². The normalized spacial score (nSPS) is 10.6. The van der Waals surface area contributed by atoms with E-state index < -0.39 is 0 Å². The van der Waals surface area contributed by atoms with Crippen LogP contribution in [0.15, 0.2) is 65.8 Å². The number of benzene rings is 2. The highest BCUT2D eigenvalue weighted by molar-refractivity contribution is 7.98. The Morgan fingerprint density at radius 1 is 1.10 bits per heavy atom. The number of amides is 1. The molecule has 0 saturated carbocycles. The van der Waals surface area contributed by atoms with E-state index in [1.807, 2.05) is 49.2 Å². The predicted octanol–water partition coefficient (Wildman–Crippen LogP) is 4.74. The van der Waals surface area contributed by atoms with Crippen molar-refractivity contribution >= 4 is 35.1 Å². The number of thioether (sulfide) groups is 1. The standard InChI is InChI=1S/C22H23ClN4O2S/c1-3-29-26-21(28)18-11-9-17(10-12-18)15-30-22-24-19(23)13-20(25-22)27(2)14-16-7-5-4-6-8-16/h4-13H,3,14-15H2,1-2H3,(H,26,28). The quantitative estimate of drug-likeness (QED) is 0.223. The van der Waals surface area contributed by atoms with Gasteiger partial charge >= 0.3 is 0 Å². The highest BCUT2D eigenvalue weighted by atomic mass is 35.5. The summed E-state index contributed by atoms with van der Waals surface area (Å²) in [6.07, 6.45) is 0. The second-order valence-electron chi connectivity index (χ2n) is 6.52. The number of aromatic nitrogens is 2. The van der Waals surface area contributed by atoms with Gasteiger partial charge in [0, 0.05) is 31.0 Å². The molecule has 0 spiro atoms. The second-order valence-corrected chi connectivity index (χ2v) is 7.85. The van der Waals surface area contributed by atoms with E-state index >= 15 is 0 Å². The van der Waals surface area contributed by atoms with Gasteiger partial charge in [0.15, 0.2) is 5.16 Å². The number of halogens is 1. The van der Waals surface area contributed by atoms with Gasteiger partial charge in [0.2, 0.25) is 0 Å². The Morgan fingerprint density at radius 3 is 2.53 bits per heavy atom. The molecule has 0 saturated heterocycles. The molecule has 0 bridgehead atoms. The van der Waals surface area contributed by atoms with E-state index in [0.717, 1.165) is 17.9 Å². The minimum atomic E-state index is -0.264. The van der Waals surface area contributed by atoms with Crippen LogP contribution < -0.4 is 10.4 Å². The van der Waals surface area contributed by atoms with Gasteiger partial charge in [-0.3, -0.25) is 9.63 Å². The minimum absolute atomic E-state index is 0.264. The Kier molecular flexibility index (Phi) is 8.07. The van der Waals surface area contributed by atoms with Crippen molar-refractivity contribution in [3.63, 3.8) is 0 Å². The molecule has 1 heterocycles. The summed E-state index contributed by atoms with van der Waals surface area (Å²) in [5.41, 5.74) is 5.17. The van der Waals surface area contributed by atoms with Gasteiger partial charge in [-0.25, -0.2) is 15.4 Å². The lowest BCUT2D eigenvalue weighted by atomic mass is 10.1. The lowest BCUT2D eigenvalue weighted by Crippen LogP contribution is -2.23. The van der Waals surface area contributed by atoms with Crippen molar-refractivity contribution < 1.29 is 9.63 Å². The lowest BCUT2D eigenvalue weighted by molar-refractivity contribution is 0.0364. The fraction of sp³-hybridized carbons (Fsp3) is 0.227. The average Bonchev–Trinajstić information content (AvgIpc) is 2.76. The molecule has 0 aliphatic rings. The maximum absolute atomic E-state index is 11.9. The summed E-state index contributed by atoms with van der Waals surface area (Å²) in [5, 5.41) is 1.01. The zero-order valence-corrected chi connectivity index (χ0v) is 18.4. The molecule has 8 heteroatoms. The van der Waals surface area contributed by atoms with E-state index in [1.54, 1.807) is 18.2 Å². The molecule has 30 heavy (non-hydrogen) atoms. The molecule has 1 amide bonds. The van der Waals surface area contributed by atoms with Crippen LogP contribution in [0.5, 0.6) is 0 Å². The van der Waals surface area contributed by atoms with Crippen LogP contribution in [-0.2, 0) is 17.1 Å². The maximum Gasteiger partial charge on any atom is 0.274 e. The fourth-order valence-corrected chi connectivity index (χ4v) is 3.72. The number of hydroxylamine groups is 1. The fourth-order valence-electron chi connectivity index (χ4n) is 2.68. The van der Waals surface area contributed by atoms with Gasteiger partial charge < -0.3 is 4.90 Å². The number of rotatable bonds is 9. The summed E-state index contributed by atoms with van der Waals surface area (Å²) >= 11 is 7.72. The van der Waals surface area contributed by atoms with Crippen LogP contribution >= 0.6 is 23.4 Å². The predicted molar refractivity (Wildman–Crippen MR) is 121 cm³/mol. The van der Waals surface area contributed by atoms with Crippen LogP contribution in [0.4, 0.5) is 5.82 Å². The maximum atomic E-state index is 11.9. The molecule has 3 rings (SSSR count). The molecule has 0 aliphatic heterocycles. The van der Waals surface area contributed by atoms with Crippen LogP contribution in [0.3, 0.4) is 0 Å². The summed E-state index contributed by atoms with van der Waals surface area (Å²) in [5.74, 6) is 1.17. The molecule has 156 valence electrons. The number of anilines is 1. The molecule has 2 aromatic carbocycles. The van der Waals surface area contributed by atoms with Crippen molar-refractivity contribution in [1.29, 1.82) is 0 Å². The van der Waals surface area contributed by atoms with Crippen LogP contribution in [0, 0.1) is 0 Å². The number of nitrogens with one attached hydrogen (secondary N) is 1. The van der Waals surface area contributed by atoms with Crippen LogP contribution in [0.1, 0.15) is 28.4 Å². The molecule has 0 fully saturated rings. The van der Waals surface area contributed by atoms with Crippen LogP contribution in [-0.4, -0.2) is 29.5 Å². The second kappa shape index (κ2) is 11.0. The Bertz CT molecular complexity index is 971. The first-order chi connectivity index (χ1) is 14.5. The SMILES string of the molecule is CCONC(=O)c1ccc(CSc2nc(Cl)cc(N(C)Cc3ccccc3)n2)cc1. The summed E-state index contributed by atoms with van der Waals surface area (Å²) < 4.78 is 0. The lowest BCUT2D eigenvalue weighted by Gasteiger charge is -2.19. The largest absolute Gasteiger partial charge is 0.355 e. The number of nitrogens with zero attached hydrogens (tertiary/aromatic N) is 3. The molecule has 1 N–H and O–H groups in total. The molecular weight excluding hydrogens is 420 g/mol. The Hall–Kier alpha value is -2.61. The molecule has 0 radical (unpaired) electrons. The molecular formula is C22H23ClN4O2S. The van der Waals surface area contributed by atoms with Gasteiger partial charge in [0.05, 0.1) is 6.61 Å². The summed E-state index contributed by atoms with van der Waals surface area (Å²) in [7, 11) is 1.98. The molecule has 1 aromatic heterocycles. The molecule has 0 unspecified atom stereocenters. The highest BCUT2D eigenvalue weighted by Crippen LogP contribution is 2.25.